The molecule has 7 heteroatoms. The van der Waals surface area contributed by atoms with Crippen molar-refractivity contribution in [2.75, 3.05) is 0 Å². The summed E-state index contributed by atoms with van der Waals surface area (Å²) < 4.78 is 32.4. The van der Waals surface area contributed by atoms with Crippen LogP contribution < -0.4 is 10.0 Å². The Bertz CT molecular complexity index is 1070. The Balaban J connectivity index is 1.62. The maximum Gasteiger partial charge on any atom is 0.251 e. The lowest BCUT2D eigenvalue weighted by Crippen LogP contribution is -2.27. The Morgan fingerprint density at radius 3 is 2.13 bits per heavy atom. The number of hydrogen-bond acceptors (Lipinski definition) is 4. The van der Waals surface area contributed by atoms with Gasteiger partial charge in [0.15, 0.2) is 0 Å². The molecule has 1 aromatic heterocycles. The van der Waals surface area contributed by atoms with Crippen LogP contribution >= 0.6 is 0 Å². The third kappa shape index (κ3) is 5.37. The second-order valence-electron chi connectivity index (χ2n) is 7.44. The maximum absolute atomic E-state index is 12.6. The Morgan fingerprint density at radius 2 is 1.57 bits per heavy atom. The number of furan rings is 1. The predicted molar refractivity (Wildman–Crippen MR) is 116 cm³/mol. The number of benzene rings is 2. The van der Waals surface area contributed by atoms with Gasteiger partial charge in [-0.25, -0.2) is 13.1 Å². The Kier molecular flexibility index (Phi) is 6.74. The van der Waals surface area contributed by atoms with Gasteiger partial charge in [-0.05, 0) is 60.4 Å². The van der Waals surface area contributed by atoms with Crippen LogP contribution in [0.25, 0.3) is 0 Å². The van der Waals surface area contributed by atoms with Crippen molar-refractivity contribution in [1.29, 1.82) is 0 Å². The fourth-order valence-corrected chi connectivity index (χ4v) is 3.97. The van der Waals surface area contributed by atoms with E-state index in [9.17, 15) is 13.2 Å². The summed E-state index contributed by atoms with van der Waals surface area (Å²) >= 11 is 0. The number of nitrogens with one attached hydrogen (secondary N) is 2. The van der Waals surface area contributed by atoms with Gasteiger partial charge in [0.05, 0.1) is 23.7 Å². The van der Waals surface area contributed by atoms with Gasteiger partial charge in [-0.2, -0.15) is 0 Å². The van der Waals surface area contributed by atoms with Crippen LogP contribution in [-0.2, 0) is 16.6 Å². The normalized spacial score (nSPS) is 12.7. The molecule has 1 atom stereocenters. The molecule has 0 saturated heterocycles. The highest BCUT2D eigenvalue weighted by Crippen LogP contribution is 2.19. The first-order chi connectivity index (χ1) is 14.3. The number of hydrogen-bond donors (Lipinski definition) is 2. The van der Waals surface area contributed by atoms with E-state index in [0.29, 0.717) is 17.2 Å². The molecule has 0 saturated carbocycles. The van der Waals surface area contributed by atoms with Gasteiger partial charge in [0.2, 0.25) is 10.0 Å². The molecule has 1 amide bonds. The standard InChI is InChI=1S/C23H26N2O4S/c1-16(2)18-6-8-19(9-7-18)17(3)25-23(26)20-10-12-22(13-11-20)30(27,28)24-15-21-5-4-14-29-21/h4-14,16-17,24H,15H2,1-3H3,(H,25,26). The summed E-state index contributed by atoms with van der Waals surface area (Å²) in [4.78, 5) is 12.6. The van der Waals surface area contributed by atoms with Gasteiger partial charge < -0.3 is 9.73 Å². The summed E-state index contributed by atoms with van der Waals surface area (Å²) in [6.07, 6.45) is 1.48. The topological polar surface area (TPSA) is 88.4 Å². The van der Waals surface area contributed by atoms with Crippen molar-refractivity contribution in [1.82, 2.24) is 10.0 Å². The summed E-state index contributed by atoms with van der Waals surface area (Å²) in [7, 11) is -3.70. The molecule has 3 rings (SSSR count). The molecule has 0 radical (unpaired) electrons. The molecule has 0 bridgehead atoms. The monoisotopic (exact) mass is 426 g/mol. The molecule has 0 aliphatic heterocycles. The molecule has 6 nitrogen and oxygen atoms in total. The molecule has 2 aromatic carbocycles. The summed E-state index contributed by atoms with van der Waals surface area (Å²) in [5.41, 5.74) is 2.65. The van der Waals surface area contributed by atoms with Crippen LogP contribution in [-0.4, -0.2) is 14.3 Å². The van der Waals surface area contributed by atoms with Crippen LogP contribution in [0, 0.1) is 0 Å². The van der Waals surface area contributed by atoms with Crippen LogP contribution in [0.15, 0.2) is 76.2 Å². The summed E-state index contributed by atoms with van der Waals surface area (Å²) in [6, 6.07) is 17.2. The van der Waals surface area contributed by atoms with Crippen LogP contribution in [0.5, 0.6) is 0 Å². The molecule has 0 fully saturated rings. The number of sulfonamides is 1. The maximum atomic E-state index is 12.6. The highest BCUT2D eigenvalue weighted by atomic mass is 32.2. The van der Waals surface area contributed by atoms with Crippen molar-refractivity contribution in [3.8, 4) is 0 Å². The van der Waals surface area contributed by atoms with Crippen molar-refractivity contribution in [2.45, 2.75) is 44.2 Å². The van der Waals surface area contributed by atoms with Crippen molar-refractivity contribution in [3.63, 3.8) is 0 Å². The Labute approximate surface area is 177 Å². The lowest BCUT2D eigenvalue weighted by molar-refractivity contribution is 0.0939. The zero-order valence-corrected chi connectivity index (χ0v) is 18.1. The van der Waals surface area contributed by atoms with Gasteiger partial charge in [-0.1, -0.05) is 38.1 Å². The van der Waals surface area contributed by atoms with E-state index < -0.39 is 10.0 Å². The third-order valence-corrected chi connectivity index (χ3v) is 6.31. The van der Waals surface area contributed by atoms with E-state index in [0.717, 1.165) is 5.56 Å². The van der Waals surface area contributed by atoms with E-state index in [4.69, 9.17) is 4.42 Å². The number of carbonyl (C=O) groups is 1. The Hall–Kier alpha value is -2.90. The first-order valence-corrected chi connectivity index (χ1v) is 11.3. The minimum atomic E-state index is -3.70. The summed E-state index contributed by atoms with van der Waals surface area (Å²) in [5.74, 6) is 0.709. The first kappa shape index (κ1) is 21.8. The number of rotatable bonds is 8. The molecule has 1 heterocycles. The minimum absolute atomic E-state index is 0.0602. The SMILES string of the molecule is CC(C)c1ccc(C(C)NC(=O)c2ccc(S(=O)(=O)NCc3ccco3)cc2)cc1. The molecule has 0 aliphatic carbocycles. The molecule has 0 spiro atoms. The zero-order chi connectivity index (χ0) is 21.7. The quantitative estimate of drug-likeness (QED) is 0.560. The second kappa shape index (κ2) is 9.28. The van der Waals surface area contributed by atoms with Crippen molar-refractivity contribution >= 4 is 15.9 Å². The van der Waals surface area contributed by atoms with E-state index in [-0.39, 0.29) is 23.4 Å². The first-order valence-electron chi connectivity index (χ1n) is 9.79. The van der Waals surface area contributed by atoms with Crippen LogP contribution in [0.3, 0.4) is 0 Å². The molecule has 2 N–H and O–H groups in total. The average Bonchev–Trinajstić information content (AvgIpc) is 3.26. The fourth-order valence-electron chi connectivity index (χ4n) is 2.98. The van der Waals surface area contributed by atoms with Gasteiger partial charge >= 0.3 is 0 Å². The highest BCUT2D eigenvalue weighted by Gasteiger charge is 2.16. The highest BCUT2D eigenvalue weighted by molar-refractivity contribution is 7.89. The molecular weight excluding hydrogens is 400 g/mol. The van der Waals surface area contributed by atoms with Gasteiger partial charge in [0.1, 0.15) is 5.76 Å². The van der Waals surface area contributed by atoms with E-state index in [1.807, 2.05) is 19.1 Å². The number of amides is 1. The van der Waals surface area contributed by atoms with Gasteiger partial charge in [-0.15, -0.1) is 0 Å². The van der Waals surface area contributed by atoms with E-state index in [1.165, 1.54) is 36.1 Å². The van der Waals surface area contributed by atoms with Gasteiger partial charge in [-0.3, -0.25) is 4.79 Å². The molecule has 30 heavy (non-hydrogen) atoms. The zero-order valence-electron chi connectivity index (χ0n) is 17.3. The van der Waals surface area contributed by atoms with Crippen molar-refractivity contribution < 1.29 is 17.6 Å². The predicted octanol–water partition coefficient (Wildman–Crippen LogP) is 4.37. The number of carbonyl (C=O) groups excluding carboxylic acids is 1. The van der Waals surface area contributed by atoms with Crippen LogP contribution in [0.2, 0.25) is 0 Å². The Morgan fingerprint density at radius 1 is 0.933 bits per heavy atom. The fraction of sp³-hybridized carbons (Fsp3) is 0.261. The summed E-state index contributed by atoms with van der Waals surface area (Å²) in [5, 5.41) is 2.95. The average molecular weight is 427 g/mol. The van der Waals surface area contributed by atoms with E-state index in [1.54, 1.807) is 12.1 Å². The van der Waals surface area contributed by atoms with Crippen molar-refractivity contribution in [2.24, 2.45) is 0 Å². The van der Waals surface area contributed by atoms with Crippen molar-refractivity contribution in [3.05, 3.63) is 89.4 Å². The van der Waals surface area contributed by atoms with Gasteiger partial charge in [0.25, 0.3) is 5.91 Å². The lowest BCUT2D eigenvalue weighted by atomic mass is 9.99. The molecule has 3 aromatic rings. The van der Waals surface area contributed by atoms with Crippen LogP contribution in [0.1, 0.15) is 60.0 Å². The van der Waals surface area contributed by atoms with E-state index in [2.05, 4.69) is 36.0 Å². The van der Waals surface area contributed by atoms with E-state index >= 15 is 0 Å². The van der Waals surface area contributed by atoms with Crippen LogP contribution in [0.4, 0.5) is 0 Å². The molecular formula is C23H26N2O4S. The largest absolute Gasteiger partial charge is 0.468 e. The molecule has 1 unspecified atom stereocenters. The summed E-state index contributed by atoms with van der Waals surface area (Å²) in [6.45, 7) is 6.25. The molecule has 0 aliphatic rings. The second-order valence-corrected chi connectivity index (χ2v) is 9.21. The third-order valence-electron chi connectivity index (χ3n) is 4.89. The minimum Gasteiger partial charge on any atom is -0.468 e. The smallest absolute Gasteiger partial charge is 0.251 e. The molecule has 158 valence electrons. The lowest BCUT2D eigenvalue weighted by Gasteiger charge is -2.16. The van der Waals surface area contributed by atoms with Gasteiger partial charge in [0, 0.05) is 5.56 Å².